The Kier molecular flexibility index (Phi) is 4.40. The molecule has 0 N–H and O–H groups in total. The molecule has 0 aromatic carbocycles. The molecule has 2 bridgehead atoms. The fourth-order valence-corrected chi connectivity index (χ4v) is 5.31. The molecular weight excluding hydrogens is 314 g/mol. The van der Waals surface area contributed by atoms with Gasteiger partial charge in [0.15, 0.2) is 5.78 Å². The SMILES string of the molecule is COC[C@@H]1CCCN1C(=O)C12C=CCCC(C1=O)C1C=CC=CC1C2. The molecule has 3 aliphatic carbocycles. The standard InChI is InChI=1S/C21H27NO3/c1-25-14-16-8-6-12-22(16)20(24)21-11-5-4-10-18(19(21)23)17-9-3-2-7-15(17)13-21/h2-3,5,7,9,11,15-18H,4,6,8,10,12-14H2,1H3/t15?,16-,17?,18?,21?/m0/s1. The van der Waals surface area contributed by atoms with E-state index in [1.165, 1.54) is 0 Å². The van der Waals surface area contributed by atoms with Crippen molar-refractivity contribution in [2.75, 3.05) is 20.3 Å². The van der Waals surface area contributed by atoms with E-state index in [2.05, 4.69) is 30.4 Å². The van der Waals surface area contributed by atoms with Gasteiger partial charge in [0.2, 0.25) is 5.91 Å². The predicted octanol–water partition coefficient (Wildman–Crippen LogP) is 2.91. The fourth-order valence-electron chi connectivity index (χ4n) is 5.31. The van der Waals surface area contributed by atoms with Crippen molar-refractivity contribution in [2.45, 2.75) is 38.1 Å². The molecule has 4 nitrogen and oxygen atoms in total. The van der Waals surface area contributed by atoms with Crippen LogP contribution in [0.3, 0.4) is 0 Å². The number of ether oxygens (including phenoxy) is 1. The lowest BCUT2D eigenvalue weighted by Crippen LogP contribution is -2.56. The minimum Gasteiger partial charge on any atom is -0.383 e. The van der Waals surface area contributed by atoms with Crippen LogP contribution >= 0.6 is 0 Å². The number of amides is 1. The van der Waals surface area contributed by atoms with Gasteiger partial charge < -0.3 is 9.64 Å². The van der Waals surface area contributed by atoms with Gasteiger partial charge in [0.1, 0.15) is 5.41 Å². The quantitative estimate of drug-likeness (QED) is 0.586. The van der Waals surface area contributed by atoms with Crippen LogP contribution in [0.4, 0.5) is 0 Å². The average Bonchev–Trinajstić information content (AvgIpc) is 3.05. The number of Topliss-reactive ketones (excluding diaryl/α,β-unsaturated/α-hetero) is 1. The molecule has 1 saturated carbocycles. The third-order valence-electron chi connectivity index (χ3n) is 6.52. The van der Waals surface area contributed by atoms with E-state index in [-0.39, 0.29) is 35.5 Å². The van der Waals surface area contributed by atoms with Crippen LogP contribution in [0.25, 0.3) is 0 Å². The van der Waals surface area contributed by atoms with Crippen molar-refractivity contribution < 1.29 is 14.3 Å². The lowest BCUT2D eigenvalue weighted by Gasteiger charge is -2.45. The number of carbonyl (C=O) groups is 2. The smallest absolute Gasteiger partial charge is 0.240 e. The Labute approximate surface area is 149 Å². The molecular formula is C21H27NO3. The first-order valence-corrected chi connectivity index (χ1v) is 9.54. The number of likely N-dealkylation sites (tertiary alicyclic amines) is 1. The van der Waals surface area contributed by atoms with Crippen molar-refractivity contribution in [2.24, 2.45) is 23.2 Å². The molecule has 1 aliphatic heterocycles. The second-order valence-electron chi connectivity index (χ2n) is 7.89. The van der Waals surface area contributed by atoms with E-state index < -0.39 is 5.41 Å². The number of allylic oxidation sites excluding steroid dienone is 5. The van der Waals surface area contributed by atoms with Crippen LogP contribution in [0.5, 0.6) is 0 Å². The molecule has 4 heteroatoms. The minimum atomic E-state index is -0.964. The van der Waals surface area contributed by atoms with Crippen LogP contribution < -0.4 is 0 Å². The molecule has 1 heterocycles. The van der Waals surface area contributed by atoms with Crippen molar-refractivity contribution >= 4 is 11.7 Å². The molecule has 4 rings (SSSR count). The summed E-state index contributed by atoms with van der Waals surface area (Å²) in [5.41, 5.74) is -0.964. The van der Waals surface area contributed by atoms with Crippen molar-refractivity contribution in [1.82, 2.24) is 4.90 Å². The van der Waals surface area contributed by atoms with Gasteiger partial charge in [-0.25, -0.2) is 0 Å². The number of hydrogen-bond donors (Lipinski definition) is 0. The topological polar surface area (TPSA) is 46.6 Å². The Morgan fingerprint density at radius 1 is 1.32 bits per heavy atom. The first-order valence-electron chi connectivity index (χ1n) is 9.54. The highest BCUT2D eigenvalue weighted by atomic mass is 16.5. The molecule has 5 atom stereocenters. The van der Waals surface area contributed by atoms with E-state index in [4.69, 9.17) is 4.74 Å². The monoisotopic (exact) mass is 341 g/mol. The lowest BCUT2D eigenvalue weighted by atomic mass is 9.58. The molecule has 1 saturated heterocycles. The predicted molar refractivity (Wildman–Crippen MR) is 95.8 cm³/mol. The number of hydrogen-bond acceptors (Lipinski definition) is 3. The summed E-state index contributed by atoms with van der Waals surface area (Å²) >= 11 is 0. The number of ketones is 1. The van der Waals surface area contributed by atoms with Crippen molar-refractivity contribution in [1.29, 1.82) is 0 Å². The van der Waals surface area contributed by atoms with Gasteiger partial charge in [0, 0.05) is 19.6 Å². The summed E-state index contributed by atoms with van der Waals surface area (Å²) in [7, 11) is 1.68. The summed E-state index contributed by atoms with van der Waals surface area (Å²) in [6.07, 6.45) is 16.8. The normalized spacial score (nSPS) is 39.4. The Hall–Kier alpha value is -1.68. The van der Waals surface area contributed by atoms with Gasteiger partial charge in [0.05, 0.1) is 12.6 Å². The van der Waals surface area contributed by atoms with E-state index >= 15 is 0 Å². The maximum Gasteiger partial charge on any atom is 0.240 e. The Balaban J connectivity index is 1.70. The zero-order valence-electron chi connectivity index (χ0n) is 14.9. The largest absolute Gasteiger partial charge is 0.383 e. The van der Waals surface area contributed by atoms with Crippen molar-refractivity contribution in [3.05, 3.63) is 36.5 Å². The second-order valence-corrected chi connectivity index (χ2v) is 7.89. The van der Waals surface area contributed by atoms with Gasteiger partial charge >= 0.3 is 0 Å². The molecule has 0 spiro atoms. The third-order valence-corrected chi connectivity index (χ3v) is 6.52. The first-order chi connectivity index (χ1) is 12.2. The summed E-state index contributed by atoms with van der Waals surface area (Å²) in [6.45, 7) is 1.29. The van der Waals surface area contributed by atoms with E-state index in [9.17, 15) is 9.59 Å². The van der Waals surface area contributed by atoms with Gasteiger partial charge in [-0.1, -0.05) is 36.5 Å². The van der Waals surface area contributed by atoms with E-state index in [1.54, 1.807) is 7.11 Å². The molecule has 0 aromatic rings. The first kappa shape index (κ1) is 16.8. The molecule has 4 aliphatic rings. The molecule has 4 unspecified atom stereocenters. The summed E-state index contributed by atoms with van der Waals surface area (Å²) in [6, 6.07) is 0.106. The molecule has 134 valence electrons. The van der Waals surface area contributed by atoms with Crippen molar-refractivity contribution in [3.8, 4) is 0 Å². The van der Waals surface area contributed by atoms with Gasteiger partial charge in [-0.3, -0.25) is 9.59 Å². The molecule has 0 aromatic heterocycles. The van der Waals surface area contributed by atoms with Crippen LogP contribution in [-0.4, -0.2) is 42.9 Å². The molecule has 1 amide bonds. The molecule has 25 heavy (non-hydrogen) atoms. The van der Waals surface area contributed by atoms with E-state index in [0.717, 1.165) is 32.2 Å². The summed E-state index contributed by atoms with van der Waals surface area (Å²) in [5.74, 6) is 0.661. The van der Waals surface area contributed by atoms with Crippen LogP contribution in [0, 0.1) is 23.2 Å². The Morgan fingerprint density at radius 2 is 2.16 bits per heavy atom. The van der Waals surface area contributed by atoms with Crippen molar-refractivity contribution in [3.63, 3.8) is 0 Å². The average molecular weight is 341 g/mol. The number of nitrogens with zero attached hydrogens (tertiary/aromatic N) is 1. The number of carbonyl (C=O) groups excluding carboxylic acids is 2. The fraction of sp³-hybridized carbons (Fsp3) is 0.619. The molecule has 2 fully saturated rings. The van der Waals surface area contributed by atoms with Crippen LogP contribution in [0.15, 0.2) is 36.5 Å². The minimum absolute atomic E-state index is 0.0154. The summed E-state index contributed by atoms with van der Waals surface area (Å²) in [5, 5.41) is 0. The van der Waals surface area contributed by atoms with E-state index in [0.29, 0.717) is 13.0 Å². The van der Waals surface area contributed by atoms with Crippen LogP contribution in [0.2, 0.25) is 0 Å². The third kappa shape index (κ3) is 2.62. The zero-order chi connectivity index (χ0) is 17.4. The second kappa shape index (κ2) is 6.56. The Morgan fingerprint density at radius 3 is 3.00 bits per heavy atom. The highest BCUT2D eigenvalue weighted by Crippen LogP contribution is 2.50. The maximum absolute atomic E-state index is 13.6. The molecule has 0 radical (unpaired) electrons. The van der Waals surface area contributed by atoms with E-state index in [1.807, 2.05) is 11.0 Å². The summed E-state index contributed by atoms with van der Waals surface area (Å²) in [4.78, 5) is 29.0. The van der Waals surface area contributed by atoms with Crippen LogP contribution in [-0.2, 0) is 14.3 Å². The number of fused-ring (bicyclic) bond motifs is 4. The highest BCUT2D eigenvalue weighted by molar-refractivity contribution is 6.10. The zero-order valence-corrected chi connectivity index (χ0v) is 14.9. The lowest BCUT2D eigenvalue weighted by molar-refractivity contribution is -0.154. The van der Waals surface area contributed by atoms with Gasteiger partial charge in [-0.15, -0.1) is 0 Å². The number of methoxy groups -OCH3 is 1. The highest BCUT2D eigenvalue weighted by Gasteiger charge is 2.56. The number of rotatable bonds is 3. The Bertz CT molecular complexity index is 650. The summed E-state index contributed by atoms with van der Waals surface area (Å²) < 4.78 is 5.32. The van der Waals surface area contributed by atoms with Gasteiger partial charge in [-0.05, 0) is 43.9 Å². The van der Waals surface area contributed by atoms with Gasteiger partial charge in [-0.2, -0.15) is 0 Å². The maximum atomic E-state index is 13.6. The van der Waals surface area contributed by atoms with Gasteiger partial charge in [0.25, 0.3) is 0 Å². The van der Waals surface area contributed by atoms with Crippen LogP contribution in [0.1, 0.15) is 32.1 Å².